The first-order valence-electron chi connectivity index (χ1n) is 9.60. The lowest BCUT2D eigenvalue weighted by Crippen LogP contribution is -2.56. The number of carboxylic acid groups (broad SMARTS) is 1. The Morgan fingerprint density at radius 3 is 1.94 bits per heavy atom. The summed E-state index contributed by atoms with van der Waals surface area (Å²) >= 11 is 0. The highest BCUT2D eigenvalue weighted by Crippen LogP contribution is 2.04. The van der Waals surface area contributed by atoms with Crippen LogP contribution in [0.3, 0.4) is 0 Å². The normalized spacial score (nSPS) is 13.4. The number of unbranched alkanes of at least 4 members (excludes halogenated alkanes) is 1. The molecule has 5 amide bonds. The third kappa shape index (κ3) is 12.8. The number of primary amides is 2. The van der Waals surface area contributed by atoms with Gasteiger partial charge in [0.1, 0.15) is 18.6 Å². The Balaban J connectivity index is 5.24. The first-order chi connectivity index (χ1) is 14.5. The van der Waals surface area contributed by atoms with Gasteiger partial charge in [-0.1, -0.05) is 0 Å². The maximum atomic E-state index is 12.7. The van der Waals surface area contributed by atoms with Gasteiger partial charge in [-0.15, -0.1) is 0 Å². The van der Waals surface area contributed by atoms with Crippen molar-refractivity contribution >= 4 is 35.5 Å². The molecular weight excluding hydrogens is 414 g/mol. The van der Waals surface area contributed by atoms with Crippen LogP contribution in [0.15, 0.2) is 0 Å². The zero-order valence-electron chi connectivity index (χ0n) is 17.1. The molecule has 0 aliphatic heterocycles. The van der Waals surface area contributed by atoms with Crippen molar-refractivity contribution in [3.05, 3.63) is 0 Å². The molecule has 0 rings (SSSR count). The number of amides is 5. The molecule has 31 heavy (non-hydrogen) atoms. The number of aliphatic carboxylic acids is 1. The highest BCUT2D eigenvalue weighted by molar-refractivity contribution is 5.95. The molecule has 0 aromatic heterocycles. The van der Waals surface area contributed by atoms with Crippen molar-refractivity contribution in [2.24, 2.45) is 22.9 Å². The van der Waals surface area contributed by atoms with Crippen LogP contribution in [0.5, 0.6) is 0 Å². The van der Waals surface area contributed by atoms with Crippen LogP contribution in [0, 0.1) is 0 Å². The monoisotopic (exact) mass is 445 g/mol. The number of carbonyl (C=O) groups excluding carboxylic acids is 5. The highest BCUT2D eigenvalue weighted by atomic mass is 16.4. The first-order valence-corrected chi connectivity index (χ1v) is 9.60. The second kappa shape index (κ2) is 14.7. The lowest BCUT2D eigenvalue weighted by atomic mass is 10.1. The number of carbonyl (C=O) groups is 6. The van der Waals surface area contributed by atoms with Crippen LogP contribution in [0.1, 0.15) is 38.5 Å². The molecule has 0 spiro atoms. The molecule has 3 atom stereocenters. The second-order valence-corrected chi connectivity index (χ2v) is 6.80. The van der Waals surface area contributed by atoms with E-state index in [0.29, 0.717) is 19.4 Å². The minimum absolute atomic E-state index is 0.0276. The van der Waals surface area contributed by atoms with Crippen LogP contribution in [0.25, 0.3) is 0 Å². The summed E-state index contributed by atoms with van der Waals surface area (Å²) in [4.78, 5) is 69.8. The Hall–Kier alpha value is -3.26. The molecule has 12 N–H and O–H groups in total. The number of hydrogen-bond acceptors (Lipinski definition) is 8. The van der Waals surface area contributed by atoms with Crippen molar-refractivity contribution in [2.75, 3.05) is 13.1 Å². The van der Waals surface area contributed by atoms with Crippen LogP contribution >= 0.6 is 0 Å². The Kier molecular flexibility index (Phi) is 13.1. The predicted molar refractivity (Wildman–Crippen MR) is 108 cm³/mol. The van der Waals surface area contributed by atoms with E-state index < -0.39 is 66.6 Å². The third-order valence-electron chi connectivity index (χ3n) is 4.07. The van der Waals surface area contributed by atoms with Gasteiger partial charge in [0.05, 0.1) is 12.5 Å². The van der Waals surface area contributed by atoms with Gasteiger partial charge in [-0.2, -0.15) is 0 Å². The van der Waals surface area contributed by atoms with Gasteiger partial charge in [0.2, 0.25) is 29.5 Å². The fraction of sp³-hybridized carbons (Fsp3) is 0.647. The van der Waals surface area contributed by atoms with Crippen LogP contribution in [0.4, 0.5) is 0 Å². The Morgan fingerprint density at radius 2 is 1.42 bits per heavy atom. The summed E-state index contributed by atoms with van der Waals surface area (Å²) in [6, 6.07) is -3.67. The van der Waals surface area contributed by atoms with E-state index >= 15 is 0 Å². The number of nitrogens with one attached hydrogen (secondary N) is 3. The van der Waals surface area contributed by atoms with E-state index in [0.717, 1.165) is 0 Å². The third-order valence-corrected chi connectivity index (χ3v) is 4.07. The van der Waals surface area contributed by atoms with Crippen molar-refractivity contribution in [3.8, 4) is 0 Å². The SMILES string of the molecule is NCCCCC(NC(=O)C(N)CCC(N)=O)C(=O)NC(CC(N)=O)C(=O)NCC(=O)O. The lowest BCUT2D eigenvalue weighted by Gasteiger charge is -2.23. The molecular formula is C17H31N7O7. The van der Waals surface area contributed by atoms with Gasteiger partial charge in [-0.05, 0) is 32.2 Å². The molecule has 0 aliphatic carbocycles. The summed E-state index contributed by atoms with van der Waals surface area (Å²) in [5.74, 6) is -5.32. The standard InChI is InChI=1S/C17H31N7O7/c18-6-2-1-3-10(23-15(29)9(19)4-5-12(20)25)17(31)24-11(7-13(21)26)16(30)22-8-14(27)28/h9-11H,1-8,18-19H2,(H2,20,25)(H2,21,26)(H,22,30)(H,23,29)(H,24,31)(H,27,28). The molecule has 0 aromatic carbocycles. The molecule has 3 unspecified atom stereocenters. The van der Waals surface area contributed by atoms with Gasteiger partial charge in [-0.3, -0.25) is 28.8 Å². The van der Waals surface area contributed by atoms with E-state index in [4.69, 9.17) is 28.0 Å². The van der Waals surface area contributed by atoms with Crippen molar-refractivity contribution in [2.45, 2.75) is 56.7 Å². The van der Waals surface area contributed by atoms with E-state index in [1.807, 2.05) is 5.32 Å². The molecule has 0 aromatic rings. The molecule has 0 saturated carbocycles. The smallest absolute Gasteiger partial charge is 0.322 e. The molecule has 0 saturated heterocycles. The minimum Gasteiger partial charge on any atom is -0.480 e. The quantitative estimate of drug-likeness (QED) is 0.107. The van der Waals surface area contributed by atoms with Gasteiger partial charge in [-0.25, -0.2) is 0 Å². The molecule has 0 radical (unpaired) electrons. The summed E-state index contributed by atoms with van der Waals surface area (Å²) in [5.41, 5.74) is 21.3. The molecule has 176 valence electrons. The Morgan fingerprint density at radius 1 is 0.806 bits per heavy atom. The number of carboxylic acids is 1. The molecule has 0 aliphatic rings. The lowest BCUT2D eigenvalue weighted by molar-refractivity contribution is -0.138. The molecule has 14 nitrogen and oxygen atoms in total. The van der Waals surface area contributed by atoms with Crippen molar-refractivity contribution in [3.63, 3.8) is 0 Å². The maximum absolute atomic E-state index is 12.7. The summed E-state index contributed by atoms with van der Waals surface area (Å²) in [5, 5.41) is 15.4. The zero-order valence-corrected chi connectivity index (χ0v) is 17.1. The van der Waals surface area contributed by atoms with Crippen LogP contribution in [-0.2, 0) is 28.8 Å². The van der Waals surface area contributed by atoms with E-state index in [2.05, 4.69) is 10.6 Å². The van der Waals surface area contributed by atoms with E-state index in [1.54, 1.807) is 0 Å². The van der Waals surface area contributed by atoms with E-state index in [9.17, 15) is 28.8 Å². The van der Waals surface area contributed by atoms with Crippen LogP contribution in [-0.4, -0.2) is 71.8 Å². The highest BCUT2D eigenvalue weighted by Gasteiger charge is 2.29. The van der Waals surface area contributed by atoms with Crippen molar-refractivity contribution < 1.29 is 33.9 Å². The predicted octanol–water partition coefficient (Wildman–Crippen LogP) is -4.25. The summed E-state index contributed by atoms with van der Waals surface area (Å²) < 4.78 is 0. The second-order valence-electron chi connectivity index (χ2n) is 6.80. The van der Waals surface area contributed by atoms with Gasteiger partial charge < -0.3 is 44.0 Å². The van der Waals surface area contributed by atoms with E-state index in [-0.39, 0.29) is 19.3 Å². The van der Waals surface area contributed by atoms with Gasteiger partial charge >= 0.3 is 5.97 Å². The van der Waals surface area contributed by atoms with Crippen molar-refractivity contribution in [1.29, 1.82) is 0 Å². The fourth-order valence-electron chi connectivity index (χ4n) is 2.44. The fourth-order valence-corrected chi connectivity index (χ4v) is 2.44. The van der Waals surface area contributed by atoms with Crippen LogP contribution in [0.2, 0.25) is 0 Å². The van der Waals surface area contributed by atoms with Crippen LogP contribution < -0.4 is 38.9 Å². The molecule has 0 heterocycles. The average molecular weight is 445 g/mol. The Labute approximate surface area is 178 Å². The van der Waals surface area contributed by atoms with Crippen molar-refractivity contribution in [1.82, 2.24) is 16.0 Å². The number of rotatable bonds is 16. The summed E-state index contributed by atoms with van der Waals surface area (Å²) in [6.45, 7) is -0.377. The average Bonchev–Trinajstić information content (AvgIpc) is 2.68. The largest absolute Gasteiger partial charge is 0.480 e. The molecule has 0 bridgehead atoms. The maximum Gasteiger partial charge on any atom is 0.322 e. The van der Waals surface area contributed by atoms with E-state index in [1.165, 1.54) is 0 Å². The minimum atomic E-state index is -1.44. The summed E-state index contributed by atoms with van der Waals surface area (Å²) in [7, 11) is 0. The Bertz CT molecular complexity index is 671. The van der Waals surface area contributed by atoms with Gasteiger partial charge in [0, 0.05) is 6.42 Å². The number of nitrogens with two attached hydrogens (primary N) is 4. The summed E-state index contributed by atoms with van der Waals surface area (Å²) in [6.07, 6.45) is 0.424. The topological polar surface area (TPSA) is 263 Å². The number of hydrogen-bond donors (Lipinski definition) is 8. The van der Waals surface area contributed by atoms with Gasteiger partial charge in [0.15, 0.2) is 0 Å². The van der Waals surface area contributed by atoms with Gasteiger partial charge in [0.25, 0.3) is 0 Å². The molecule has 14 heteroatoms. The molecule has 0 fully saturated rings. The first kappa shape index (κ1) is 27.7. The zero-order chi connectivity index (χ0) is 24.0.